The number of ether oxygens (including phenoxy) is 1. The van der Waals surface area contributed by atoms with Gasteiger partial charge in [0.2, 0.25) is 0 Å². The van der Waals surface area contributed by atoms with Gasteiger partial charge in [-0.2, -0.15) is 5.10 Å². The molecule has 108 valence electrons. The first-order valence-corrected chi connectivity index (χ1v) is 6.35. The van der Waals surface area contributed by atoms with Crippen molar-refractivity contribution in [2.24, 2.45) is 0 Å². The van der Waals surface area contributed by atoms with Crippen LogP contribution >= 0.6 is 0 Å². The molecule has 0 aliphatic heterocycles. The van der Waals surface area contributed by atoms with Crippen LogP contribution in [0.15, 0.2) is 9.32 Å². The zero-order valence-corrected chi connectivity index (χ0v) is 12.2. The SMILES string of the molecule is CCn1nc(C(=O)OC(C)(C)C)c2c(C)onc2c1=O. The van der Waals surface area contributed by atoms with Crippen molar-refractivity contribution >= 4 is 16.9 Å². The first-order valence-electron chi connectivity index (χ1n) is 6.35. The number of hydrogen-bond donors (Lipinski definition) is 0. The molecular weight excluding hydrogens is 262 g/mol. The maximum atomic E-state index is 12.2. The van der Waals surface area contributed by atoms with Crippen LogP contribution < -0.4 is 5.56 Å². The Labute approximate surface area is 115 Å². The fourth-order valence-electron chi connectivity index (χ4n) is 1.82. The Morgan fingerprint density at radius 1 is 1.40 bits per heavy atom. The van der Waals surface area contributed by atoms with Crippen LogP contribution in [0.25, 0.3) is 10.9 Å². The molecule has 2 aromatic rings. The van der Waals surface area contributed by atoms with Crippen molar-refractivity contribution in [2.45, 2.75) is 46.8 Å². The number of aromatic nitrogens is 3. The molecule has 2 rings (SSSR count). The third kappa shape index (κ3) is 2.43. The topological polar surface area (TPSA) is 87.2 Å². The Morgan fingerprint density at radius 3 is 2.60 bits per heavy atom. The summed E-state index contributed by atoms with van der Waals surface area (Å²) in [4.78, 5) is 24.3. The zero-order chi connectivity index (χ0) is 15.1. The summed E-state index contributed by atoms with van der Waals surface area (Å²) < 4.78 is 11.5. The minimum Gasteiger partial charge on any atom is -0.455 e. The maximum Gasteiger partial charge on any atom is 0.360 e. The van der Waals surface area contributed by atoms with Crippen LogP contribution in [0.5, 0.6) is 0 Å². The van der Waals surface area contributed by atoms with E-state index < -0.39 is 11.6 Å². The van der Waals surface area contributed by atoms with Gasteiger partial charge >= 0.3 is 5.97 Å². The van der Waals surface area contributed by atoms with Crippen molar-refractivity contribution in [3.05, 3.63) is 21.8 Å². The van der Waals surface area contributed by atoms with Crippen molar-refractivity contribution in [3.8, 4) is 0 Å². The van der Waals surface area contributed by atoms with Gasteiger partial charge < -0.3 is 9.26 Å². The van der Waals surface area contributed by atoms with Crippen LogP contribution in [0.2, 0.25) is 0 Å². The van der Waals surface area contributed by atoms with Gasteiger partial charge in [0.15, 0.2) is 11.2 Å². The second-order valence-electron chi connectivity index (χ2n) is 5.43. The lowest BCUT2D eigenvalue weighted by atomic mass is 10.2. The van der Waals surface area contributed by atoms with Gasteiger partial charge in [0.1, 0.15) is 11.4 Å². The third-order valence-corrected chi connectivity index (χ3v) is 2.65. The van der Waals surface area contributed by atoms with E-state index in [1.54, 1.807) is 34.6 Å². The normalized spacial score (nSPS) is 11.8. The van der Waals surface area contributed by atoms with Crippen molar-refractivity contribution < 1.29 is 14.1 Å². The van der Waals surface area contributed by atoms with E-state index in [9.17, 15) is 9.59 Å². The van der Waals surface area contributed by atoms with Gasteiger partial charge in [0.25, 0.3) is 5.56 Å². The van der Waals surface area contributed by atoms with Crippen molar-refractivity contribution in [3.63, 3.8) is 0 Å². The highest BCUT2D eigenvalue weighted by Crippen LogP contribution is 2.20. The van der Waals surface area contributed by atoms with E-state index in [-0.39, 0.29) is 16.8 Å². The first-order chi connectivity index (χ1) is 9.24. The van der Waals surface area contributed by atoms with Gasteiger partial charge in [-0.25, -0.2) is 9.48 Å². The summed E-state index contributed by atoms with van der Waals surface area (Å²) in [6.45, 7) is 9.00. The van der Waals surface area contributed by atoms with E-state index in [0.717, 1.165) is 0 Å². The molecule has 0 atom stereocenters. The standard InChI is InChI=1S/C13H17N3O4/c1-6-16-11(17)9-8(7(2)20-15-9)10(14-16)12(18)19-13(3,4)5/h6H2,1-5H3. The molecule has 0 N–H and O–H groups in total. The van der Waals surface area contributed by atoms with Gasteiger partial charge in [-0.15, -0.1) is 0 Å². The molecule has 0 aliphatic rings. The van der Waals surface area contributed by atoms with E-state index in [0.29, 0.717) is 17.7 Å². The highest BCUT2D eigenvalue weighted by Gasteiger charge is 2.26. The molecular formula is C13H17N3O4. The smallest absolute Gasteiger partial charge is 0.360 e. The second-order valence-corrected chi connectivity index (χ2v) is 5.43. The van der Waals surface area contributed by atoms with Gasteiger partial charge in [-0.1, -0.05) is 5.16 Å². The molecule has 7 nitrogen and oxygen atoms in total. The van der Waals surface area contributed by atoms with Gasteiger partial charge in [0, 0.05) is 6.54 Å². The van der Waals surface area contributed by atoms with Crippen LogP contribution in [0, 0.1) is 6.92 Å². The minimum atomic E-state index is -0.649. The monoisotopic (exact) mass is 279 g/mol. The fraction of sp³-hybridized carbons (Fsp3) is 0.538. The highest BCUT2D eigenvalue weighted by atomic mass is 16.6. The summed E-state index contributed by atoms with van der Waals surface area (Å²) in [6.07, 6.45) is 0. The lowest BCUT2D eigenvalue weighted by Gasteiger charge is -2.19. The molecule has 0 radical (unpaired) electrons. The predicted octanol–water partition coefficient (Wildman–Crippen LogP) is 1.67. The molecule has 2 aromatic heterocycles. The van der Waals surface area contributed by atoms with Crippen LogP contribution in [0.1, 0.15) is 43.9 Å². The molecule has 20 heavy (non-hydrogen) atoms. The Kier molecular flexibility index (Phi) is 3.37. The van der Waals surface area contributed by atoms with E-state index in [1.165, 1.54) is 4.68 Å². The van der Waals surface area contributed by atoms with E-state index in [1.807, 2.05) is 0 Å². The molecule has 0 aliphatic carbocycles. The van der Waals surface area contributed by atoms with Crippen molar-refractivity contribution in [1.82, 2.24) is 14.9 Å². The Balaban J connectivity index is 2.69. The average molecular weight is 279 g/mol. The number of nitrogens with zero attached hydrogens (tertiary/aromatic N) is 3. The fourth-order valence-corrected chi connectivity index (χ4v) is 1.82. The molecule has 0 aromatic carbocycles. The number of rotatable bonds is 2. The van der Waals surface area contributed by atoms with Crippen LogP contribution in [0.4, 0.5) is 0 Å². The molecule has 0 spiro atoms. The van der Waals surface area contributed by atoms with Crippen molar-refractivity contribution in [2.75, 3.05) is 0 Å². The summed E-state index contributed by atoms with van der Waals surface area (Å²) >= 11 is 0. The lowest BCUT2D eigenvalue weighted by Crippen LogP contribution is -2.29. The first kappa shape index (κ1) is 14.2. The van der Waals surface area contributed by atoms with E-state index in [4.69, 9.17) is 9.26 Å². The summed E-state index contributed by atoms with van der Waals surface area (Å²) in [5, 5.41) is 8.09. The highest BCUT2D eigenvalue weighted by molar-refractivity contribution is 6.01. The summed E-state index contributed by atoms with van der Waals surface area (Å²) in [6, 6.07) is 0. The average Bonchev–Trinajstić information content (AvgIpc) is 2.71. The van der Waals surface area contributed by atoms with Crippen LogP contribution in [-0.2, 0) is 11.3 Å². The summed E-state index contributed by atoms with van der Waals surface area (Å²) in [5.74, 6) is -0.232. The maximum absolute atomic E-state index is 12.2. The Morgan fingerprint density at radius 2 is 2.05 bits per heavy atom. The number of fused-ring (bicyclic) bond motifs is 1. The second kappa shape index (κ2) is 4.73. The molecule has 2 heterocycles. The zero-order valence-electron chi connectivity index (χ0n) is 12.2. The van der Waals surface area contributed by atoms with Gasteiger partial charge in [0.05, 0.1) is 5.39 Å². The van der Waals surface area contributed by atoms with Crippen molar-refractivity contribution in [1.29, 1.82) is 0 Å². The third-order valence-electron chi connectivity index (χ3n) is 2.65. The van der Waals surface area contributed by atoms with Gasteiger partial charge in [-0.05, 0) is 34.6 Å². The molecule has 7 heteroatoms. The number of carbonyl (C=O) groups excluding carboxylic acids is 1. The number of aryl methyl sites for hydroxylation is 2. The number of carbonyl (C=O) groups is 1. The van der Waals surface area contributed by atoms with Crippen LogP contribution in [0.3, 0.4) is 0 Å². The largest absolute Gasteiger partial charge is 0.455 e. The van der Waals surface area contributed by atoms with Crippen LogP contribution in [-0.4, -0.2) is 26.5 Å². The Hall–Kier alpha value is -2.18. The predicted molar refractivity (Wildman–Crippen MR) is 71.6 cm³/mol. The quantitative estimate of drug-likeness (QED) is 0.777. The van der Waals surface area contributed by atoms with E-state index >= 15 is 0 Å². The summed E-state index contributed by atoms with van der Waals surface area (Å²) in [7, 11) is 0. The molecule has 0 saturated carbocycles. The number of esters is 1. The summed E-state index contributed by atoms with van der Waals surface area (Å²) in [5.41, 5.74) is -0.884. The molecule has 0 fully saturated rings. The van der Waals surface area contributed by atoms with Gasteiger partial charge in [-0.3, -0.25) is 4.79 Å². The lowest BCUT2D eigenvalue weighted by molar-refractivity contribution is 0.00626. The Bertz CT molecular complexity index is 722. The molecule has 0 bridgehead atoms. The molecule has 0 saturated heterocycles. The number of hydrogen-bond acceptors (Lipinski definition) is 6. The molecule has 0 amide bonds. The molecule has 0 unspecified atom stereocenters. The minimum absolute atomic E-state index is 0.0510. The van der Waals surface area contributed by atoms with E-state index in [2.05, 4.69) is 10.3 Å².